The maximum Gasteiger partial charge on any atom is 0.337 e. The van der Waals surface area contributed by atoms with Gasteiger partial charge in [0.05, 0.1) is 12.0 Å². The number of methoxy groups -OCH3 is 1. The van der Waals surface area contributed by atoms with Crippen LogP contribution in [0.4, 0.5) is 3.89 Å². The molecule has 8 heteroatoms. The topological polar surface area (TPSA) is 101 Å². The summed E-state index contributed by atoms with van der Waals surface area (Å²) in [6, 6.07) is 4.00. The summed E-state index contributed by atoms with van der Waals surface area (Å²) in [5.41, 5.74) is 0.0558. The Bertz CT molecular complexity index is 524. The van der Waals surface area contributed by atoms with Gasteiger partial charge < -0.3 is 14.9 Å². The first kappa shape index (κ1) is 14.6. The smallest absolute Gasteiger partial charge is 0.337 e. The van der Waals surface area contributed by atoms with E-state index in [1.165, 1.54) is 0 Å². The van der Waals surface area contributed by atoms with Crippen LogP contribution in [0.5, 0.6) is 0 Å². The maximum absolute atomic E-state index is 12.6. The second-order valence-corrected chi connectivity index (χ2v) is 4.77. The van der Waals surface area contributed by atoms with E-state index in [1.807, 2.05) is 0 Å². The summed E-state index contributed by atoms with van der Waals surface area (Å²) in [6.45, 7) is 0. The molecule has 2 atom stereocenters. The second kappa shape index (κ2) is 5.42. The molecule has 18 heavy (non-hydrogen) atoms. The molecule has 0 aliphatic carbocycles. The van der Waals surface area contributed by atoms with Gasteiger partial charge in [0.25, 0.3) is 0 Å². The van der Waals surface area contributed by atoms with Crippen LogP contribution in [0.1, 0.15) is 11.7 Å². The quantitative estimate of drug-likeness (QED) is 0.589. The van der Waals surface area contributed by atoms with Crippen LogP contribution < -0.4 is 0 Å². The summed E-state index contributed by atoms with van der Waals surface area (Å²) in [5.74, 6) is -1.04. The van der Waals surface area contributed by atoms with Crippen LogP contribution in [0.3, 0.4) is 0 Å². The monoisotopic (exact) mass is 278 g/mol. The highest BCUT2D eigenvalue weighted by atomic mass is 32.3. The van der Waals surface area contributed by atoms with E-state index in [4.69, 9.17) is 0 Å². The summed E-state index contributed by atoms with van der Waals surface area (Å²) >= 11 is 0. The van der Waals surface area contributed by atoms with Gasteiger partial charge in [-0.3, -0.25) is 0 Å². The molecule has 0 heterocycles. The Morgan fingerprint density at radius 3 is 2.17 bits per heavy atom. The van der Waals surface area contributed by atoms with Crippen LogP contribution in [0, 0.1) is 0 Å². The molecule has 0 saturated heterocycles. The number of halogens is 1. The molecule has 0 bridgehead atoms. The molecule has 0 saturated carbocycles. The van der Waals surface area contributed by atoms with Crippen LogP contribution in [-0.2, 0) is 19.8 Å². The minimum atomic E-state index is -4.82. The summed E-state index contributed by atoms with van der Waals surface area (Å²) < 4.78 is 37.9. The highest BCUT2D eigenvalue weighted by Crippen LogP contribution is 2.20. The van der Waals surface area contributed by atoms with Crippen molar-refractivity contribution in [3.05, 3.63) is 29.8 Å². The lowest BCUT2D eigenvalue weighted by Crippen LogP contribution is -2.29. The molecule has 2 unspecified atom stereocenters. The third-order valence-corrected chi connectivity index (χ3v) is 3.08. The Kier molecular flexibility index (Phi) is 4.38. The molecule has 100 valence electrons. The SMILES string of the molecule is COC(=O)C(O)C(O)c1ccc(S(=O)(=O)F)cc1. The van der Waals surface area contributed by atoms with Crippen molar-refractivity contribution in [1.82, 2.24) is 0 Å². The van der Waals surface area contributed by atoms with Crippen molar-refractivity contribution in [2.75, 3.05) is 7.11 Å². The molecular weight excluding hydrogens is 267 g/mol. The fourth-order valence-corrected chi connectivity index (χ4v) is 1.72. The number of ether oxygens (including phenoxy) is 1. The first-order valence-corrected chi connectivity index (χ1v) is 6.14. The van der Waals surface area contributed by atoms with Gasteiger partial charge in [0.15, 0.2) is 6.10 Å². The lowest BCUT2D eigenvalue weighted by Gasteiger charge is -2.15. The van der Waals surface area contributed by atoms with E-state index in [0.29, 0.717) is 0 Å². The predicted molar refractivity (Wildman–Crippen MR) is 57.7 cm³/mol. The van der Waals surface area contributed by atoms with Crippen LogP contribution in [-0.4, -0.2) is 37.8 Å². The number of benzene rings is 1. The molecule has 0 aliphatic heterocycles. The Hall–Kier alpha value is -1.51. The number of carbonyl (C=O) groups is 1. The summed E-state index contributed by atoms with van der Waals surface area (Å²) in [7, 11) is -3.78. The standard InChI is InChI=1S/C10H11FO6S/c1-17-10(14)9(13)8(12)6-2-4-7(5-3-6)18(11,15)16/h2-5,8-9,12-13H,1H3. The molecule has 2 N–H and O–H groups in total. The van der Waals surface area contributed by atoms with Gasteiger partial charge in [0.2, 0.25) is 0 Å². The Labute approximate surface area is 103 Å². The lowest BCUT2D eigenvalue weighted by atomic mass is 10.0. The van der Waals surface area contributed by atoms with Gasteiger partial charge in [-0.05, 0) is 17.7 Å². The normalized spacial score (nSPS) is 14.9. The van der Waals surface area contributed by atoms with E-state index in [-0.39, 0.29) is 5.56 Å². The van der Waals surface area contributed by atoms with Crippen LogP contribution in [0.25, 0.3) is 0 Å². The number of aliphatic hydroxyl groups excluding tert-OH is 2. The van der Waals surface area contributed by atoms with Gasteiger partial charge in [-0.1, -0.05) is 12.1 Å². The van der Waals surface area contributed by atoms with Crippen LogP contribution >= 0.6 is 0 Å². The fraction of sp³-hybridized carbons (Fsp3) is 0.300. The van der Waals surface area contributed by atoms with Gasteiger partial charge in [-0.25, -0.2) is 4.79 Å². The number of aliphatic hydroxyl groups is 2. The van der Waals surface area contributed by atoms with E-state index in [2.05, 4.69) is 4.74 Å². The second-order valence-electron chi connectivity index (χ2n) is 3.42. The van der Waals surface area contributed by atoms with Gasteiger partial charge in [0, 0.05) is 0 Å². The van der Waals surface area contributed by atoms with E-state index < -0.39 is 33.3 Å². The van der Waals surface area contributed by atoms with Crippen molar-refractivity contribution >= 4 is 16.2 Å². The number of hydrogen-bond donors (Lipinski definition) is 2. The molecule has 1 rings (SSSR count). The molecule has 6 nitrogen and oxygen atoms in total. The van der Waals surface area contributed by atoms with E-state index in [9.17, 15) is 27.3 Å². The van der Waals surface area contributed by atoms with Gasteiger partial charge in [0.1, 0.15) is 6.10 Å². The van der Waals surface area contributed by atoms with E-state index >= 15 is 0 Å². The number of esters is 1. The van der Waals surface area contributed by atoms with Crippen molar-refractivity contribution in [1.29, 1.82) is 0 Å². The van der Waals surface area contributed by atoms with Crippen molar-refractivity contribution < 1.29 is 32.0 Å². The average molecular weight is 278 g/mol. The molecule has 0 amide bonds. The molecular formula is C10H11FO6S. The molecule has 0 fully saturated rings. The highest BCUT2D eigenvalue weighted by molar-refractivity contribution is 7.86. The van der Waals surface area contributed by atoms with Crippen LogP contribution in [0.2, 0.25) is 0 Å². The molecule has 1 aromatic carbocycles. The largest absolute Gasteiger partial charge is 0.467 e. The highest BCUT2D eigenvalue weighted by Gasteiger charge is 2.26. The van der Waals surface area contributed by atoms with E-state index in [0.717, 1.165) is 31.4 Å². The Morgan fingerprint density at radius 2 is 1.78 bits per heavy atom. The van der Waals surface area contributed by atoms with Gasteiger partial charge in [-0.2, -0.15) is 8.42 Å². The summed E-state index contributed by atoms with van der Waals surface area (Å²) in [4.78, 5) is 10.4. The Morgan fingerprint density at radius 1 is 1.28 bits per heavy atom. The molecule has 0 aromatic heterocycles. The third kappa shape index (κ3) is 3.25. The van der Waals surface area contributed by atoms with E-state index in [1.54, 1.807) is 0 Å². The predicted octanol–water partition coefficient (Wildman–Crippen LogP) is -0.0879. The zero-order valence-corrected chi connectivity index (χ0v) is 10.1. The maximum atomic E-state index is 12.6. The zero-order chi connectivity index (χ0) is 13.9. The number of rotatable bonds is 4. The zero-order valence-electron chi connectivity index (χ0n) is 9.28. The first-order chi connectivity index (χ1) is 8.27. The van der Waals surface area contributed by atoms with Gasteiger partial charge in [-0.15, -0.1) is 3.89 Å². The van der Waals surface area contributed by atoms with Crippen molar-refractivity contribution in [2.45, 2.75) is 17.1 Å². The summed E-state index contributed by atoms with van der Waals surface area (Å²) in [5, 5.41) is 18.9. The fourth-order valence-electron chi connectivity index (χ4n) is 1.26. The molecule has 0 spiro atoms. The number of hydrogen-bond acceptors (Lipinski definition) is 6. The minimum Gasteiger partial charge on any atom is -0.467 e. The van der Waals surface area contributed by atoms with Crippen molar-refractivity contribution in [3.63, 3.8) is 0 Å². The number of carbonyl (C=O) groups excluding carboxylic acids is 1. The minimum absolute atomic E-state index is 0.0558. The molecule has 0 radical (unpaired) electrons. The average Bonchev–Trinajstić information content (AvgIpc) is 2.35. The Balaban J connectivity index is 2.95. The van der Waals surface area contributed by atoms with Crippen molar-refractivity contribution in [2.24, 2.45) is 0 Å². The lowest BCUT2D eigenvalue weighted by molar-refractivity contribution is -0.156. The van der Waals surface area contributed by atoms with Gasteiger partial charge >= 0.3 is 16.2 Å². The first-order valence-electron chi connectivity index (χ1n) is 4.76. The van der Waals surface area contributed by atoms with Crippen molar-refractivity contribution in [3.8, 4) is 0 Å². The summed E-state index contributed by atoms with van der Waals surface area (Å²) in [6.07, 6.45) is -3.39. The molecule has 1 aromatic rings. The third-order valence-electron chi connectivity index (χ3n) is 2.24. The molecule has 0 aliphatic rings. The van der Waals surface area contributed by atoms with Crippen LogP contribution in [0.15, 0.2) is 29.2 Å².